The summed E-state index contributed by atoms with van der Waals surface area (Å²) in [6.45, 7) is 8.66. The first-order valence-electron chi connectivity index (χ1n) is 10.2. The number of carbonyl (C=O) groups excluding carboxylic acids is 1. The van der Waals surface area contributed by atoms with Crippen LogP contribution in [0.4, 0.5) is 0 Å². The van der Waals surface area contributed by atoms with Crippen LogP contribution in [0, 0.1) is 0 Å². The number of aromatic hydroxyl groups is 1. The molecule has 6 heteroatoms. The van der Waals surface area contributed by atoms with E-state index in [9.17, 15) is 9.90 Å². The topological polar surface area (TPSA) is 66.3 Å². The van der Waals surface area contributed by atoms with Gasteiger partial charge in [-0.2, -0.15) is 0 Å². The Morgan fingerprint density at radius 3 is 2.50 bits per heavy atom. The van der Waals surface area contributed by atoms with Gasteiger partial charge in [0.1, 0.15) is 5.75 Å². The zero-order valence-electron chi connectivity index (χ0n) is 17.8. The van der Waals surface area contributed by atoms with Crippen LogP contribution in [0.5, 0.6) is 5.75 Å². The average molecular weight is 426 g/mol. The van der Waals surface area contributed by atoms with Crippen LogP contribution in [0.2, 0.25) is 5.02 Å². The fourth-order valence-corrected chi connectivity index (χ4v) is 5.17. The molecule has 2 aromatic carbocycles. The van der Waals surface area contributed by atoms with Crippen LogP contribution in [-0.2, 0) is 0 Å². The van der Waals surface area contributed by atoms with Crippen molar-refractivity contribution in [1.29, 1.82) is 0 Å². The van der Waals surface area contributed by atoms with Crippen LogP contribution in [0.1, 0.15) is 50.9 Å². The zero-order chi connectivity index (χ0) is 21.7. The van der Waals surface area contributed by atoms with Gasteiger partial charge >= 0.3 is 0 Å². The Labute approximate surface area is 182 Å². The number of hydrogen-bond donors (Lipinski definition) is 3. The molecule has 30 heavy (non-hydrogen) atoms. The second-order valence-electron chi connectivity index (χ2n) is 9.53. The standard InChI is InChI=1S/C24H28ClN3O2/c1-23(2)13-16(14-24(3,4)27-23)26-22(30)15-8-9-20(18(25)12-15)28-11-10-17-19(28)6-5-7-21(17)29/h5-12,16,27,29H,13-14H2,1-4H3,(H,26,30). The third-order valence-electron chi connectivity index (χ3n) is 5.70. The smallest absolute Gasteiger partial charge is 0.251 e. The molecule has 0 radical (unpaired) electrons. The van der Waals surface area contributed by atoms with Gasteiger partial charge in [0.05, 0.1) is 16.2 Å². The van der Waals surface area contributed by atoms with Crippen molar-refractivity contribution < 1.29 is 9.90 Å². The van der Waals surface area contributed by atoms with E-state index in [0.29, 0.717) is 10.6 Å². The summed E-state index contributed by atoms with van der Waals surface area (Å²) >= 11 is 6.57. The molecule has 1 aliphatic rings. The number of amides is 1. The predicted molar refractivity (Wildman–Crippen MR) is 122 cm³/mol. The molecule has 0 bridgehead atoms. The molecule has 0 unspecified atom stereocenters. The SMILES string of the molecule is CC1(C)CC(NC(=O)c2ccc(-n3ccc4c(O)cccc43)c(Cl)c2)CC(C)(C)N1. The van der Waals surface area contributed by atoms with Crippen LogP contribution < -0.4 is 10.6 Å². The van der Waals surface area contributed by atoms with E-state index in [1.54, 1.807) is 24.3 Å². The highest BCUT2D eigenvalue weighted by molar-refractivity contribution is 6.32. The minimum Gasteiger partial charge on any atom is -0.507 e. The maximum Gasteiger partial charge on any atom is 0.251 e. The Morgan fingerprint density at radius 2 is 1.83 bits per heavy atom. The van der Waals surface area contributed by atoms with Crippen LogP contribution in [-0.4, -0.2) is 32.7 Å². The first kappa shape index (κ1) is 20.8. The van der Waals surface area contributed by atoms with Crippen molar-refractivity contribution in [3.8, 4) is 11.4 Å². The summed E-state index contributed by atoms with van der Waals surface area (Å²) in [7, 11) is 0. The van der Waals surface area contributed by atoms with E-state index >= 15 is 0 Å². The van der Waals surface area contributed by atoms with Crippen LogP contribution in [0.15, 0.2) is 48.7 Å². The molecule has 1 aliphatic heterocycles. The van der Waals surface area contributed by atoms with Crippen molar-refractivity contribution in [2.24, 2.45) is 0 Å². The molecule has 3 aromatic rings. The third kappa shape index (κ3) is 4.05. The molecule has 1 amide bonds. The molecule has 158 valence electrons. The average Bonchev–Trinajstić information content (AvgIpc) is 3.04. The van der Waals surface area contributed by atoms with E-state index in [1.165, 1.54) is 0 Å². The Morgan fingerprint density at radius 1 is 1.13 bits per heavy atom. The summed E-state index contributed by atoms with van der Waals surface area (Å²) in [5, 5.41) is 18.1. The molecule has 1 fully saturated rings. The van der Waals surface area contributed by atoms with E-state index in [0.717, 1.165) is 29.4 Å². The fourth-order valence-electron chi connectivity index (χ4n) is 4.90. The normalized spacial score (nSPS) is 18.4. The first-order chi connectivity index (χ1) is 14.0. The lowest BCUT2D eigenvalue weighted by Gasteiger charge is -2.46. The first-order valence-corrected chi connectivity index (χ1v) is 10.6. The maximum absolute atomic E-state index is 12.9. The van der Waals surface area contributed by atoms with Crippen molar-refractivity contribution in [3.63, 3.8) is 0 Å². The van der Waals surface area contributed by atoms with Crippen LogP contribution >= 0.6 is 11.6 Å². The van der Waals surface area contributed by atoms with Gasteiger partial charge in [0.2, 0.25) is 0 Å². The van der Waals surface area contributed by atoms with Gasteiger partial charge in [-0.05, 0) is 76.9 Å². The van der Waals surface area contributed by atoms with Crippen molar-refractivity contribution in [2.45, 2.75) is 57.7 Å². The molecular weight excluding hydrogens is 398 g/mol. The number of phenolic OH excluding ortho intramolecular Hbond substituents is 1. The zero-order valence-corrected chi connectivity index (χ0v) is 18.5. The van der Waals surface area contributed by atoms with Gasteiger partial charge in [0, 0.05) is 34.3 Å². The van der Waals surface area contributed by atoms with E-state index in [-0.39, 0.29) is 28.8 Å². The monoisotopic (exact) mass is 425 g/mol. The number of nitrogens with zero attached hydrogens (tertiary/aromatic N) is 1. The van der Waals surface area contributed by atoms with E-state index < -0.39 is 0 Å². The van der Waals surface area contributed by atoms with Crippen molar-refractivity contribution >= 4 is 28.4 Å². The Hall–Kier alpha value is -2.50. The second kappa shape index (κ2) is 7.33. The number of carbonyl (C=O) groups is 1. The lowest BCUT2D eigenvalue weighted by Crippen LogP contribution is -2.62. The molecule has 0 saturated carbocycles. The molecule has 5 nitrogen and oxygen atoms in total. The number of benzene rings is 2. The van der Waals surface area contributed by atoms with Crippen LogP contribution in [0.25, 0.3) is 16.6 Å². The van der Waals surface area contributed by atoms with Gasteiger partial charge < -0.3 is 20.3 Å². The summed E-state index contributed by atoms with van der Waals surface area (Å²) in [6, 6.07) is 12.7. The Kier molecular flexibility index (Phi) is 5.07. The quantitative estimate of drug-likeness (QED) is 0.551. The number of aromatic nitrogens is 1. The van der Waals surface area contributed by atoms with E-state index in [2.05, 4.69) is 38.3 Å². The minimum absolute atomic E-state index is 0.0394. The Balaban J connectivity index is 1.57. The maximum atomic E-state index is 12.9. The molecule has 0 spiro atoms. The van der Waals surface area contributed by atoms with Crippen molar-refractivity contribution in [1.82, 2.24) is 15.2 Å². The number of phenols is 1. The van der Waals surface area contributed by atoms with Crippen molar-refractivity contribution in [2.75, 3.05) is 0 Å². The number of piperidine rings is 1. The number of fused-ring (bicyclic) bond motifs is 1. The molecule has 1 aromatic heterocycles. The summed E-state index contributed by atoms with van der Waals surface area (Å²) < 4.78 is 1.91. The second-order valence-corrected chi connectivity index (χ2v) is 9.94. The van der Waals surface area contributed by atoms with Gasteiger partial charge in [-0.1, -0.05) is 17.7 Å². The highest BCUT2D eigenvalue weighted by Crippen LogP contribution is 2.31. The lowest BCUT2D eigenvalue weighted by atomic mass is 9.79. The summed E-state index contributed by atoms with van der Waals surface area (Å²) in [6.07, 6.45) is 3.60. The predicted octanol–water partition coefficient (Wildman–Crippen LogP) is 5.03. The highest BCUT2D eigenvalue weighted by Gasteiger charge is 2.38. The largest absolute Gasteiger partial charge is 0.507 e. The van der Waals surface area contributed by atoms with Crippen LogP contribution in [0.3, 0.4) is 0 Å². The fraction of sp³-hybridized carbons (Fsp3) is 0.375. The third-order valence-corrected chi connectivity index (χ3v) is 6.01. The van der Waals surface area contributed by atoms with Gasteiger partial charge in [-0.25, -0.2) is 0 Å². The summed E-state index contributed by atoms with van der Waals surface area (Å²) in [5.74, 6) is 0.114. The molecule has 3 N–H and O–H groups in total. The Bertz CT molecular complexity index is 1100. The lowest BCUT2D eigenvalue weighted by molar-refractivity contribution is 0.0873. The molecule has 0 atom stereocenters. The number of nitrogens with one attached hydrogen (secondary N) is 2. The molecule has 0 aliphatic carbocycles. The van der Waals surface area contributed by atoms with E-state index in [4.69, 9.17) is 11.6 Å². The van der Waals surface area contributed by atoms with Gasteiger partial charge in [0.25, 0.3) is 5.91 Å². The van der Waals surface area contributed by atoms with Gasteiger partial charge in [0.15, 0.2) is 0 Å². The summed E-state index contributed by atoms with van der Waals surface area (Å²) in [5.41, 5.74) is 2.08. The molecular formula is C24H28ClN3O2. The number of hydrogen-bond acceptors (Lipinski definition) is 3. The molecule has 2 heterocycles. The minimum atomic E-state index is -0.114. The molecule has 4 rings (SSSR count). The summed E-state index contributed by atoms with van der Waals surface area (Å²) in [4.78, 5) is 12.9. The van der Waals surface area contributed by atoms with Gasteiger partial charge in [-0.15, -0.1) is 0 Å². The van der Waals surface area contributed by atoms with Gasteiger partial charge in [-0.3, -0.25) is 4.79 Å². The highest BCUT2D eigenvalue weighted by atomic mass is 35.5. The molecule has 1 saturated heterocycles. The van der Waals surface area contributed by atoms with Crippen molar-refractivity contribution in [3.05, 3.63) is 59.2 Å². The number of halogens is 1. The number of rotatable bonds is 3. The van der Waals surface area contributed by atoms with E-state index in [1.807, 2.05) is 29.0 Å².